The fraction of sp³-hybridized carbons (Fsp3) is 0.538. The molecule has 1 aromatic rings. The quantitative estimate of drug-likeness (QED) is 0.311. The molecule has 10 heteroatoms. The third-order valence-electron chi connectivity index (χ3n) is 3.49. The van der Waals surface area contributed by atoms with Crippen molar-refractivity contribution < 1.29 is 39.9 Å². The van der Waals surface area contributed by atoms with Crippen LogP contribution in [0.5, 0.6) is 5.75 Å². The van der Waals surface area contributed by atoms with Crippen molar-refractivity contribution >= 4 is 5.69 Å². The monoisotopic (exact) mass is 331 g/mol. The summed E-state index contributed by atoms with van der Waals surface area (Å²) in [7, 11) is 0. The minimum Gasteiger partial charge on any atom is -0.455 e. The van der Waals surface area contributed by atoms with Crippen LogP contribution in [0, 0.1) is 10.1 Å². The molecule has 1 heterocycles. The van der Waals surface area contributed by atoms with Crippen LogP contribution in [0.2, 0.25) is 0 Å². The predicted octanol–water partition coefficient (Wildman–Crippen LogP) is -1.73. The van der Waals surface area contributed by atoms with Gasteiger partial charge in [0.05, 0.1) is 18.1 Å². The Kier molecular flexibility index (Phi) is 5.46. The molecular formula is C13H17NO9. The van der Waals surface area contributed by atoms with Crippen molar-refractivity contribution in [1.82, 2.24) is 0 Å². The summed E-state index contributed by atoms with van der Waals surface area (Å²) < 4.78 is 10.4. The van der Waals surface area contributed by atoms with Gasteiger partial charge in [0.2, 0.25) is 6.29 Å². The SMILES string of the molecule is O=[N+]([O-])c1cc(CO)ccc1O[C@@H]1O[C@H](CO)[C@@H](O)[C@H](O)[C@H]1O. The van der Waals surface area contributed by atoms with Gasteiger partial charge in [0.1, 0.15) is 24.4 Å². The molecule has 2 rings (SSSR count). The molecule has 0 bridgehead atoms. The first kappa shape index (κ1) is 17.5. The number of aliphatic hydroxyl groups is 5. The van der Waals surface area contributed by atoms with Crippen LogP contribution < -0.4 is 4.74 Å². The lowest BCUT2D eigenvalue weighted by atomic mass is 9.99. The third kappa shape index (κ3) is 3.58. The molecule has 0 aliphatic carbocycles. The fourth-order valence-electron chi connectivity index (χ4n) is 2.19. The van der Waals surface area contributed by atoms with Crippen LogP contribution in [-0.4, -0.2) is 67.8 Å². The highest BCUT2D eigenvalue weighted by Gasteiger charge is 2.45. The Morgan fingerprint density at radius 3 is 2.43 bits per heavy atom. The number of aliphatic hydroxyl groups excluding tert-OH is 5. The summed E-state index contributed by atoms with van der Waals surface area (Å²) in [4.78, 5) is 10.3. The molecule has 1 saturated heterocycles. The van der Waals surface area contributed by atoms with E-state index >= 15 is 0 Å². The van der Waals surface area contributed by atoms with E-state index in [9.17, 15) is 25.4 Å². The summed E-state index contributed by atoms with van der Waals surface area (Å²) in [5, 5.41) is 58.4. The van der Waals surface area contributed by atoms with Crippen LogP contribution >= 0.6 is 0 Å². The zero-order valence-corrected chi connectivity index (χ0v) is 11.8. The molecule has 0 saturated carbocycles. The molecule has 1 fully saturated rings. The predicted molar refractivity (Wildman–Crippen MR) is 73.4 cm³/mol. The summed E-state index contributed by atoms with van der Waals surface area (Å²) in [6, 6.07) is 3.69. The lowest BCUT2D eigenvalue weighted by Crippen LogP contribution is -2.60. The Bertz CT molecular complexity index is 564. The van der Waals surface area contributed by atoms with Gasteiger partial charge < -0.3 is 35.0 Å². The maximum atomic E-state index is 11.1. The van der Waals surface area contributed by atoms with Gasteiger partial charge in [-0.1, -0.05) is 6.07 Å². The first-order valence-corrected chi connectivity index (χ1v) is 6.74. The lowest BCUT2D eigenvalue weighted by Gasteiger charge is -2.39. The number of nitrogens with zero attached hydrogens (tertiary/aromatic N) is 1. The van der Waals surface area contributed by atoms with Gasteiger partial charge in [0.25, 0.3) is 0 Å². The van der Waals surface area contributed by atoms with Crippen LogP contribution in [0.4, 0.5) is 5.69 Å². The number of nitro benzene ring substituents is 1. The van der Waals surface area contributed by atoms with E-state index in [0.717, 1.165) is 6.07 Å². The Labute approximate surface area is 130 Å². The van der Waals surface area contributed by atoms with Gasteiger partial charge in [0.15, 0.2) is 5.75 Å². The summed E-state index contributed by atoms with van der Waals surface area (Å²) in [5.41, 5.74) is -0.175. The average molecular weight is 331 g/mol. The van der Waals surface area contributed by atoms with Gasteiger partial charge in [-0.2, -0.15) is 0 Å². The molecule has 10 nitrogen and oxygen atoms in total. The van der Waals surface area contributed by atoms with Gasteiger partial charge >= 0.3 is 5.69 Å². The normalized spacial score (nSPS) is 30.9. The minimum atomic E-state index is -1.68. The van der Waals surface area contributed by atoms with E-state index < -0.39 is 54.5 Å². The summed E-state index contributed by atoms with van der Waals surface area (Å²) in [6.45, 7) is -1.04. The smallest absolute Gasteiger partial charge is 0.311 e. The number of nitro groups is 1. The Morgan fingerprint density at radius 2 is 1.87 bits per heavy atom. The maximum absolute atomic E-state index is 11.1. The first-order valence-electron chi connectivity index (χ1n) is 6.74. The van der Waals surface area contributed by atoms with Crippen molar-refractivity contribution in [2.45, 2.75) is 37.3 Å². The second kappa shape index (κ2) is 7.17. The van der Waals surface area contributed by atoms with Crippen LogP contribution in [0.25, 0.3) is 0 Å². The van der Waals surface area contributed by atoms with E-state index in [0.29, 0.717) is 0 Å². The zero-order chi connectivity index (χ0) is 17.1. The van der Waals surface area contributed by atoms with E-state index in [4.69, 9.17) is 19.7 Å². The van der Waals surface area contributed by atoms with Crippen LogP contribution in [0.1, 0.15) is 5.56 Å². The highest BCUT2D eigenvalue weighted by Crippen LogP contribution is 2.31. The Balaban J connectivity index is 2.25. The highest BCUT2D eigenvalue weighted by atomic mass is 16.7. The van der Waals surface area contributed by atoms with Gasteiger partial charge in [0, 0.05) is 6.07 Å². The number of hydrogen-bond donors (Lipinski definition) is 5. The Hall–Kier alpha value is -1.82. The molecule has 0 aromatic heterocycles. The number of rotatable bonds is 5. The van der Waals surface area contributed by atoms with E-state index in [1.54, 1.807) is 0 Å². The van der Waals surface area contributed by atoms with Crippen molar-refractivity contribution in [3.63, 3.8) is 0 Å². The topological polar surface area (TPSA) is 163 Å². The van der Waals surface area contributed by atoms with Crippen molar-refractivity contribution in [1.29, 1.82) is 0 Å². The van der Waals surface area contributed by atoms with E-state index in [-0.39, 0.29) is 11.3 Å². The van der Waals surface area contributed by atoms with Crippen molar-refractivity contribution in [2.24, 2.45) is 0 Å². The second-order valence-corrected chi connectivity index (χ2v) is 5.03. The summed E-state index contributed by atoms with van der Waals surface area (Å²) >= 11 is 0. The molecular weight excluding hydrogens is 314 g/mol. The van der Waals surface area contributed by atoms with Crippen molar-refractivity contribution in [3.8, 4) is 5.75 Å². The van der Waals surface area contributed by atoms with Gasteiger partial charge in [-0.25, -0.2) is 0 Å². The summed E-state index contributed by atoms with van der Waals surface area (Å²) in [6.07, 6.45) is -7.59. The van der Waals surface area contributed by atoms with E-state index in [2.05, 4.69) is 0 Å². The third-order valence-corrected chi connectivity index (χ3v) is 3.49. The maximum Gasteiger partial charge on any atom is 0.311 e. The average Bonchev–Trinajstić information content (AvgIpc) is 2.55. The van der Waals surface area contributed by atoms with Crippen LogP contribution in [0.15, 0.2) is 18.2 Å². The largest absolute Gasteiger partial charge is 0.455 e. The minimum absolute atomic E-state index is 0.253. The molecule has 0 spiro atoms. The molecule has 128 valence electrons. The molecule has 1 aliphatic rings. The molecule has 0 amide bonds. The fourth-order valence-corrected chi connectivity index (χ4v) is 2.19. The van der Waals surface area contributed by atoms with Crippen molar-refractivity contribution in [3.05, 3.63) is 33.9 Å². The molecule has 23 heavy (non-hydrogen) atoms. The standard InChI is InChI=1S/C13H17NO9/c15-4-6-1-2-8(7(3-6)14(20)21)22-13-12(19)11(18)10(17)9(5-16)23-13/h1-3,9-13,15-19H,4-5H2/t9-,10-,11+,12-,13-/m1/s1. The number of benzene rings is 1. The number of ether oxygens (including phenoxy) is 2. The first-order chi connectivity index (χ1) is 10.9. The second-order valence-electron chi connectivity index (χ2n) is 5.03. The molecule has 0 radical (unpaired) electrons. The Morgan fingerprint density at radius 1 is 1.17 bits per heavy atom. The molecule has 5 N–H and O–H groups in total. The van der Waals surface area contributed by atoms with Gasteiger partial charge in [-0.05, 0) is 11.6 Å². The zero-order valence-electron chi connectivity index (χ0n) is 11.8. The highest BCUT2D eigenvalue weighted by molar-refractivity contribution is 5.48. The van der Waals surface area contributed by atoms with Gasteiger partial charge in [-0.3, -0.25) is 10.1 Å². The van der Waals surface area contributed by atoms with Gasteiger partial charge in [-0.15, -0.1) is 0 Å². The van der Waals surface area contributed by atoms with E-state index in [1.807, 2.05) is 0 Å². The molecule has 5 atom stereocenters. The molecule has 0 unspecified atom stereocenters. The summed E-state index contributed by atoms with van der Waals surface area (Å²) in [5.74, 6) is -0.253. The van der Waals surface area contributed by atoms with E-state index in [1.165, 1.54) is 12.1 Å². The molecule has 1 aliphatic heterocycles. The molecule has 1 aromatic carbocycles. The van der Waals surface area contributed by atoms with Crippen LogP contribution in [0.3, 0.4) is 0 Å². The lowest BCUT2D eigenvalue weighted by molar-refractivity contribution is -0.387. The van der Waals surface area contributed by atoms with Crippen molar-refractivity contribution in [2.75, 3.05) is 6.61 Å². The van der Waals surface area contributed by atoms with Crippen LogP contribution in [-0.2, 0) is 11.3 Å². The number of hydrogen-bond acceptors (Lipinski definition) is 9.